The fraction of sp³-hybridized carbons (Fsp3) is 0.579. The normalized spacial score (nSPS) is 19.4. The molecule has 2 aliphatic rings. The van der Waals surface area contributed by atoms with E-state index in [-0.39, 0.29) is 6.04 Å². The van der Waals surface area contributed by atoms with Crippen LogP contribution in [0.2, 0.25) is 0 Å². The molecule has 1 aromatic heterocycles. The molecule has 0 unspecified atom stereocenters. The average molecular weight is 342 g/mol. The number of anilines is 1. The highest BCUT2D eigenvalue weighted by Crippen LogP contribution is 2.38. The summed E-state index contributed by atoms with van der Waals surface area (Å²) in [6.07, 6.45) is 2.38. The van der Waals surface area contributed by atoms with Crippen LogP contribution in [0.5, 0.6) is 0 Å². The summed E-state index contributed by atoms with van der Waals surface area (Å²) in [6.45, 7) is 6.46. The summed E-state index contributed by atoms with van der Waals surface area (Å²) in [7, 11) is 2.11. The third kappa shape index (κ3) is 3.70. The number of hydrogen-bond donors (Lipinski definition) is 0. The molecule has 4 rings (SSSR count). The average Bonchev–Trinajstić information content (AvgIpc) is 3.39. The minimum atomic E-state index is 0.0951. The smallest absolute Gasteiger partial charge is 0.243 e. The Labute approximate surface area is 148 Å². The van der Waals surface area contributed by atoms with Gasteiger partial charge in [-0.3, -0.25) is 4.90 Å². The zero-order valence-corrected chi connectivity index (χ0v) is 15.0. The van der Waals surface area contributed by atoms with Gasteiger partial charge in [0.25, 0.3) is 0 Å². The largest absolute Gasteiger partial charge is 0.378 e. The van der Waals surface area contributed by atoms with Crippen molar-refractivity contribution in [2.75, 3.05) is 38.3 Å². The molecule has 1 saturated carbocycles. The zero-order chi connectivity index (χ0) is 17.2. The first-order chi connectivity index (χ1) is 12.2. The van der Waals surface area contributed by atoms with Gasteiger partial charge in [-0.25, -0.2) is 0 Å². The van der Waals surface area contributed by atoms with Gasteiger partial charge >= 0.3 is 0 Å². The summed E-state index contributed by atoms with van der Waals surface area (Å²) < 4.78 is 11.0. The number of nitrogens with zero attached hydrogens (tertiary/aromatic N) is 4. The maximum Gasteiger partial charge on any atom is 0.243 e. The highest BCUT2D eigenvalue weighted by atomic mass is 16.5. The lowest BCUT2D eigenvalue weighted by Crippen LogP contribution is -2.37. The minimum Gasteiger partial charge on any atom is -0.378 e. The summed E-state index contributed by atoms with van der Waals surface area (Å²) in [5.41, 5.74) is 2.62. The molecule has 6 heteroatoms. The Bertz CT molecular complexity index is 707. The second-order valence-electron chi connectivity index (χ2n) is 7.08. The van der Waals surface area contributed by atoms with Crippen molar-refractivity contribution in [1.29, 1.82) is 0 Å². The molecule has 1 aromatic carbocycles. The van der Waals surface area contributed by atoms with Crippen LogP contribution in [0.4, 0.5) is 5.69 Å². The maximum absolute atomic E-state index is 5.50. The van der Waals surface area contributed by atoms with Crippen LogP contribution in [0.15, 0.2) is 28.8 Å². The van der Waals surface area contributed by atoms with E-state index in [0.717, 1.165) is 38.7 Å². The summed E-state index contributed by atoms with van der Waals surface area (Å²) in [5.74, 6) is 2.12. The molecular formula is C19H26N4O2. The Morgan fingerprint density at radius 1 is 1.24 bits per heavy atom. The van der Waals surface area contributed by atoms with Crippen LogP contribution in [-0.2, 0) is 11.3 Å². The Morgan fingerprint density at radius 3 is 2.76 bits per heavy atom. The van der Waals surface area contributed by atoms with E-state index in [2.05, 4.69) is 58.2 Å². The van der Waals surface area contributed by atoms with Crippen molar-refractivity contribution in [3.63, 3.8) is 0 Å². The van der Waals surface area contributed by atoms with Gasteiger partial charge in [0.15, 0.2) is 5.82 Å². The van der Waals surface area contributed by atoms with Crippen molar-refractivity contribution in [3.05, 3.63) is 41.5 Å². The van der Waals surface area contributed by atoms with Crippen molar-refractivity contribution in [1.82, 2.24) is 15.0 Å². The van der Waals surface area contributed by atoms with Crippen LogP contribution in [0, 0.1) is 0 Å². The van der Waals surface area contributed by atoms with Gasteiger partial charge in [-0.05, 0) is 38.4 Å². The monoisotopic (exact) mass is 342 g/mol. The van der Waals surface area contributed by atoms with Gasteiger partial charge in [0.05, 0.1) is 19.3 Å². The number of para-hydroxylation sites is 1. The molecule has 25 heavy (non-hydrogen) atoms. The number of benzene rings is 1. The fourth-order valence-electron chi connectivity index (χ4n) is 3.28. The summed E-state index contributed by atoms with van der Waals surface area (Å²) in [5, 5.41) is 4.14. The molecule has 0 radical (unpaired) electrons. The lowest BCUT2D eigenvalue weighted by Gasteiger charge is -2.32. The van der Waals surface area contributed by atoms with Crippen LogP contribution in [-0.4, -0.2) is 48.4 Å². The number of hydrogen-bond acceptors (Lipinski definition) is 6. The second kappa shape index (κ2) is 7.14. The molecule has 0 spiro atoms. The highest BCUT2D eigenvalue weighted by molar-refractivity contribution is 5.53. The van der Waals surface area contributed by atoms with Gasteiger partial charge in [0.1, 0.15) is 0 Å². The lowest BCUT2D eigenvalue weighted by atomic mass is 10.1. The second-order valence-corrected chi connectivity index (χ2v) is 7.08. The van der Waals surface area contributed by atoms with Gasteiger partial charge in [-0.2, -0.15) is 4.98 Å². The molecule has 6 nitrogen and oxygen atoms in total. The molecule has 134 valence electrons. The first-order valence-corrected chi connectivity index (χ1v) is 9.16. The standard InChI is InChI=1S/C19H26N4O2/c1-14(19-20-18(21-25-19)15-7-8-15)22(2)13-16-5-3-4-6-17(16)23-9-11-24-12-10-23/h3-6,14-15H,7-13H2,1-2H3/t14-/m0/s1. The van der Waals surface area contributed by atoms with E-state index in [4.69, 9.17) is 9.26 Å². The van der Waals surface area contributed by atoms with Crippen LogP contribution in [0.1, 0.15) is 49.0 Å². The maximum atomic E-state index is 5.50. The van der Waals surface area contributed by atoms with Crippen molar-refractivity contribution in [3.8, 4) is 0 Å². The van der Waals surface area contributed by atoms with Crippen LogP contribution >= 0.6 is 0 Å². The number of aromatic nitrogens is 2. The third-order valence-corrected chi connectivity index (χ3v) is 5.18. The number of rotatable bonds is 6. The first kappa shape index (κ1) is 16.5. The van der Waals surface area contributed by atoms with Crippen molar-refractivity contribution in [2.45, 2.75) is 38.3 Å². The van der Waals surface area contributed by atoms with Crippen molar-refractivity contribution in [2.24, 2.45) is 0 Å². The van der Waals surface area contributed by atoms with E-state index in [1.807, 2.05) is 0 Å². The predicted octanol–water partition coefficient (Wildman–Crippen LogP) is 2.98. The third-order valence-electron chi connectivity index (χ3n) is 5.18. The van der Waals surface area contributed by atoms with Crippen molar-refractivity contribution >= 4 is 5.69 Å². The van der Waals surface area contributed by atoms with Gasteiger partial charge in [0.2, 0.25) is 5.89 Å². The zero-order valence-electron chi connectivity index (χ0n) is 15.0. The van der Waals surface area contributed by atoms with Gasteiger partial charge < -0.3 is 14.2 Å². The van der Waals surface area contributed by atoms with Gasteiger partial charge in [0, 0.05) is 31.2 Å². The van der Waals surface area contributed by atoms with E-state index in [1.54, 1.807) is 0 Å². The topological polar surface area (TPSA) is 54.6 Å². The molecule has 2 heterocycles. The molecule has 1 saturated heterocycles. The van der Waals surface area contributed by atoms with E-state index in [0.29, 0.717) is 11.8 Å². The van der Waals surface area contributed by atoms with E-state index < -0.39 is 0 Å². The molecule has 2 aromatic rings. The Hall–Kier alpha value is -1.92. The molecule has 1 atom stereocenters. The fourth-order valence-corrected chi connectivity index (χ4v) is 3.28. The SMILES string of the molecule is C[C@@H](c1nc(C2CC2)no1)N(C)Cc1ccccc1N1CCOCC1. The summed E-state index contributed by atoms with van der Waals surface area (Å²) >= 11 is 0. The Balaban J connectivity index is 1.46. The Morgan fingerprint density at radius 2 is 2.00 bits per heavy atom. The van der Waals surface area contributed by atoms with Crippen LogP contribution in [0.3, 0.4) is 0 Å². The number of morpholine rings is 1. The summed E-state index contributed by atoms with van der Waals surface area (Å²) in [6, 6.07) is 8.72. The van der Waals surface area contributed by atoms with E-state index in [1.165, 1.54) is 24.1 Å². The van der Waals surface area contributed by atoms with Gasteiger partial charge in [-0.15, -0.1) is 0 Å². The molecule has 1 aliphatic heterocycles. The lowest BCUT2D eigenvalue weighted by molar-refractivity contribution is 0.122. The number of ether oxygens (including phenoxy) is 1. The molecule has 0 amide bonds. The molecule has 1 aliphatic carbocycles. The molecular weight excluding hydrogens is 316 g/mol. The first-order valence-electron chi connectivity index (χ1n) is 9.16. The molecule has 0 N–H and O–H groups in total. The highest BCUT2D eigenvalue weighted by Gasteiger charge is 2.30. The minimum absolute atomic E-state index is 0.0951. The summed E-state index contributed by atoms with van der Waals surface area (Å²) in [4.78, 5) is 9.28. The van der Waals surface area contributed by atoms with E-state index >= 15 is 0 Å². The quantitative estimate of drug-likeness (QED) is 0.804. The van der Waals surface area contributed by atoms with Crippen molar-refractivity contribution < 1.29 is 9.26 Å². The van der Waals surface area contributed by atoms with Crippen LogP contribution < -0.4 is 4.90 Å². The predicted molar refractivity (Wildman–Crippen MR) is 95.6 cm³/mol. The van der Waals surface area contributed by atoms with E-state index in [9.17, 15) is 0 Å². The Kier molecular flexibility index (Phi) is 4.72. The van der Waals surface area contributed by atoms with Crippen LogP contribution in [0.25, 0.3) is 0 Å². The molecule has 2 fully saturated rings. The molecule has 0 bridgehead atoms. The van der Waals surface area contributed by atoms with Gasteiger partial charge in [-0.1, -0.05) is 23.4 Å².